The van der Waals surface area contributed by atoms with Crippen molar-refractivity contribution >= 4 is 15.8 Å². The van der Waals surface area contributed by atoms with Crippen LogP contribution in [-0.2, 0) is 15.6 Å². The molecule has 0 radical (unpaired) electrons. The maximum Gasteiger partial charge on any atom is 0.358 e. The fourth-order valence-corrected chi connectivity index (χ4v) is 1.71. The van der Waals surface area contributed by atoms with Crippen LogP contribution in [0, 0.1) is 0 Å². The molecule has 1 rings (SSSR count). The zero-order valence-electron chi connectivity index (χ0n) is 8.30. The van der Waals surface area contributed by atoms with E-state index in [2.05, 4.69) is 9.68 Å². The topological polar surface area (TPSA) is 97.5 Å². The van der Waals surface area contributed by atoms with Gasteiger partial charge in [-0.15, -0.1) is 0 Å². The Morgan fingerprint density at radius 1 is 1.60 bits per heavy atom. The van der Waals surface area contributed by atoms with E-state index in [1.165, 1.54) is 0 Å². The van der Waals surface area contributed by atoms with Crippen molar-refractivity contribution in [3.8, 4) is 0 Å². The number of carboxylic acids is 1. The van der Waals surface area contributed by atoms with Gasteiger partial charge in [-0.2, -0.15) is 0 Å². The molecular formula is C8H11NO5S. The van der Waals surface area contributed by atoms with E-state index in [1.54, 1.807) is 13.8 Å². The van der Waals surface area contributed by atoms with Gasteiger partial charge in [-0.3, -0.25) is 0 Å². The fourth-order valence-electron chi connectivity index (χ4n) is 0.847. The molecule has 0 aliphatic carbocycles. The monoisotopic (exact) mass is 233 g/mol. The van der Waals surface area contributed by atoms with E-state index in [-0.39, 0.29) is 17.2 Å². The van der Waals surface area contributed by atoms with Crippen molar-refractivity contribution in [1.29, 1.82) is 0 Å². The van der Waals surface area contributed by atoms with Crippen molar-refractivity contribution in [2.75, 3.05) is 0 Å². The predicted octanol–water partition coefficient (Wildman–Crippen LogP) is 0.696. The van der Waals surface area contributed by atoms with E-state index in [0.717, 1.165) is 6.07 Å². The van der Waals surface area contributed by atoms with E-state index in [9.17, 15) is 13.2 Å². The summed E-state index contributed by atoms with van der Waals surface area (Å²) in [4.78, 5) is 10.4. The smallest absolute Gasteiger partial charge is 0.358 e. The predicted molar refractivity (Wildman–Crippen MR) is 51.2 cm³/mol. The normalized spacial score (nSPS) is 11.9. The van der Waals surface area contributed by atoms with Crippen LogP contribution < -0.4 is 0 Å². The van der Waals surface area contributed by atoms with Crippen LogP contribution in [0.4, 0.5) is 0 Å². The van der Waals surface area contributed by atoms with Gasteiger partial charge < -0.3 is 9.63 Å². The third kappa shape index (κ3) is 2.79. The van der Waals surface area contributed by atoms with Crippen LogP contribution in [0.25, 0.3) is 0 Å². The standard InChI is InChI=1S/C8H11NO5S/c1-5(2)15(12,13)4-6-3-7(8(10)11)9-14-6/h3,5H,4H2,1-2H3,(H,10,11). The Balaban J connectivity index is 2.87. The summed E-state index contributed by atoms with van der Waals surface area (Å²) >= 11 is 0. The van der Waals surface area contributed by atoms with Gasteiger partial charge in [-0.05, 0) is 13.8 Å². The Kier molecular flexibility index (Phi) is 3.13. The summed E-state index contributed by atoms with van der Waals surface area (Å²) in [6, 6.07) is 1.11. The van der Waals surface area contributed by atoms with E-state index in [0.29, 0.717) is 0 Å². The molecule has 0 aliphatic rings. The minimum Gasteiger partial charge on any atom is -0.476 e. The van der Waals surface area contributed by atoms with Crippen molar-refractivity contribution < 1.29 is 22.8 Å². The van der Waals surface area contributed by atoms with Crippen LogP contribution in [0.15, 0.2) is 10.6 Å². The summed E-state index contributed by atoms with van der Waals surface area (Å²) in [6.45, 7) is 3.09. The lowest BCUT2D eigenvalue weighted by Gasteiger charge is -2.03. The molecule has 1 heterocycles. The summed E-state index contributed by atoms with van der Waals surface area (Å²) in [7, 11) is -3.29. The number of sulfone groups is 1. The fraction of sp³-hybridized carbons (Fsp3) is 0.500. The number of hydrogen-bond donors (Lipinski definition) is 1. The average molecular weight is 233 g/mol. The van der Waals surface area contributed by atoms with Gasteiger partial charge in [0.25, 0.3) is 0 Å². The summed E-state index contributed by atoms with van der Waals surface area (Å²) in [5.74, 6) is -1.53. The molecule has 0 saturated heterocycles. The van der Waals surface area contributed by atoms with Gasteiger partial charge >= 0.3 is 5.97 Å². The molecular weight excluding hydrogens is 222 g/mol. The highest BCUT2D eigenvalue weighted by Gasteiger charge is 2.20. The van der Waals surface area contributed by atoms with Crippen LogP contribution >= 0.6 is 0 Å². The highest BCUT2D eigenvalue weighted by Crippen LogP contribution is 2.12. The van der Waals surface area contributed by atoms with Gasteiger partial charge in [0.15, 0.2) is 21.3 Å². The van der Waals surface area contributed by atoms with Crippen LogP contribution in [-0.4, -0.2) is 29.9 Å². The van der Waals surface area contributed by atoms with Crippen molar-refractivity contribution in [1.82, 2.24) is 5.16 Å². The lowest BCUT2D eigenvalue weighted by Crippen LogP contribution is -2.15. The zero-order valence-corrected chi connectivity index (χ0v) is 9.11. The Hall–Kier alpha value is -1.37. The van der Waals surface area contributed by atoms with Crippen LogP contribution in [0.3, 0.4) is 0 Å². The van der Waals surface area contributed by atoms with Gasteiger partial charge in [0.2, 0.25) is 0 Å². The Morgan fingerprint density at radius 3 is 2.60 bits per heavy atom. The Morgan fingerprint density at radius 2 is 2.20 bits per heavy atom. The molecule has 0 saturated carbocycles. The first-order valence-corrected chi connectivity index (χ1v) is 5.95. The summed E-state index contributed by atoms with van der Waals surface area (Å²) in [6.07, 6.45) is 0. The van der Waals surface area contributed by atoms with E-state index < -0.39 is 21.1 Å². The molecule has 0 atom stereocenters. The third-order valence-corrected chi connectivity index (χ3v) is 3.96. The molecule has 0 bridgehead atoms. The first kappa shape index (κ1) is 11.7. The number of carbonyl (C=O) groups is 1. The van der Waals surface area contributed by atoms with Gasteiger partial charge in [0.05, 0.1) is 5.25 Å². The summed E-state index contributed by atoms with van der Waals surface area (Å²) in [5.41, 5.74) is -0.288. The molecule has 1 N–H and O–H groups in total. The molecule has 0 aliphatic heterocycles. The molecule has 84 valence electrons. The molecule has 15 heavy (non-hydrogen) atoms. The minimum absolute atomic E-state index is 0.0427. The number of rotatable bonds is 4. The largest absolute Gasteiger partial charge is 0.476 e. The Bertz CT molecular complexity index is 459. The second kappa shape index (κ2) is 4.01. The van der Waals surface area contributed by atoms with Gasteiger partial charge in [-0.25, -0.2) is 13.2 Å². The zero-order chi connectivity index (χ0) is 11.6. The van der Waals surface area contributed by atoms with Crippen molar-refractivity contribution in [3.05, 3.63) is 17.5 Å². The second-order valence-electron chi connectivity index (χ2n) is 3.34. The van der Waals surface area contributed by atoms with Crippen molar-refractivity contribution in [2.24, 2.45) is 0 Å². The summed E-state index contributed by atoms with van der Waals surface area (Å²) < 4.78 is 27.5. The average Bonchev–Trinajstić information content (AvgIpc) is 2.51. The first-order chi connectivity index (χ1) is 6.83. The van der Waals surface area contributed by atoms with Crippen LogP contribution in [0.2, 0.25) is 0 Å². The number of carboxylic acid groups (broad SMARTS) is 1. The second-order valence-corrected chi connectivity index (χ2v) is 5.90. The molecule has 0 fully saturated rings. The lowest BCUT2D eigenvalue weighted by molar-refractivity contribution is 0.0685. The number of aromatic carboxylic acids is 1. The molecule has 0 unspecified atom stereocenters. The molecule has 1 aromatic rings. The highest BCUT2D eigenvalue weighted by molar-refractivity contribution is 7.91. The van der Waals surface area contributed by atoms with Gasteiger partial charge in [-0.1, -0.05) is 5.16 Å². The first-order valence-electron chi connectivity index (χ1n) is 4.23. The third-order valence-electron chi connectivity index (χ3n) is 1.84. The van der Waals surface area contributed by atoms with Gasteiger partial charge in [0, 0.05) is 6.07 Å². The maximum atomic E-state index is 11.4. The summed E-state index contributed by atoms with van der Waals surface area (Å²) in [5, 5.41) is 11.2. The van der Waals surface area contributed by atoms with Crippen molar-refractivity contribution in [2.45, 2.75) is 24.9 Å². The van der Waals surface area contributed by atoms with Crippen LogP contribution in [0.1, 0.15) is 30.1 Å². The lowest BCUT2D eigenvalue weighted by atomic mass is 10.4. The van der Waals surface area contributed by atoms with Crippen molar-refractivity contribution in [3.63, 3.8) is 0 Å². The number of nitrogens with zero attached hydrogens (tertiary/aromatic N) is 1. The molecule has 0 amide bonds. The molecule has 0 aromatic carbocycles. The van der Waals surface area contributed by atoms with E-state index >= 15 is 0 Å². The van der Waals surface area contributed by atoms with Gasteiger partial charge in [0.1, 0.15) is 5.75 Å². The molecule has 7 heteroatoms. The molecule has 1 aromatic heterocycles. The number of hydrogen-bond acceptors (Lipinski definition) is 5. The molecule has 0 spiro atoms. The van der Waals surface area contributed by atoms with E-state index in [1.807, 2.05) is 0 Å². The highest BCUT2D eigenvalue weighted by atomic mass is 32.2. The van der Waals surface area contributed by atoms with E-state index in [4.69, 9.17) is 5.11 Å². The minimum atomic E-state index is -3.29. The Labute approximate surface area is 86.8 Å². The quantitative estimate of drug-likeness (QED) is 0.821. The number of aromatic nitrogens is 1. The maximum absolute atomic E-state index is 11.4. The van der Waals surface area contributed by atoms with Crippen LogP contribution in [0.5, 0.6) is 0 Å². The SMILES string of the molecule is CC(C)S(=O)(=O)Cc1cc(C(=O)O)no1. The molecule has 6 nitrogen and oxygen atoms in total.